The molecule has 0 aliphatic heterocycles. The second kappa shape index (κ2) is 6.10. The minimum atomic E-state index is -3.09. The van der Waals surface area contributed by atoms with Crippen molar-refractivity contribution in [2.45, 2.75) is 19.9 Å². The van der Waals surface area contributed by atoms with Crippen molar-refractivity contribution in [1.29, 1.82) is 0 Å². The average molecular weight is 290 g/mol. The van der Waals surface area contributed by atoms with Crippen LogP contribution in [0.2, 0.25) is 0 Å². The lowest BCUT2D eigenvalue weighted by Crippen LogP contribution is -2.25. The molecule has 5 nitrogen and oxygen atoms in total. The smallest absolute Gasteiger partial charge is 0.167 e. The van der Waals surface area contributed by atoms with Crippen LogP contribution in [0.3, 0.4) is 0 Å². The molecule has 1 unspecified atom stereocenters. The Hall–Kier alpha value is -1.50. The Labute approximate surface area is 112 Å². The number of nitrogens with two attached hydrogens (primary N) is 1. The summed E-state index contributed by atoms with van der Waals surface area (Å²) in [4.78, 5) is 0. The maximum absolute atomic E-state index is 13.5. The third-order valence-corrected chi connectivity index (χ3v) is 3.46. The molecule has 1 rings (SSSR count). The highest BCUT2D eigenvalue weighted by Crippen LogP contribution is 2.28. The molecule has 0 aliphatic rings. The van der Waals surface area contributed by atoms with Crippen LogP contribution in [0.1, 0.15) is 13.8 Å². The van der Waals surface area contributed by atoms with Crippen LogP contribution in [-0.4, -0.2) is 33.1 Å². The van der Waals surface area contributed by atoms with Gasteiger partial charge in [-0.1, -0.05) is 0 Å². The Morgan fingerprint density at radius 3 is 2.63 bits per heavy atom. The third-order valence-electron chi connectivity index (χ3n) is 2.36. The maximum Gasteiger partial charge on any atom is 0.167 e. The maximum atomic E-state index is 13.5. The molecule has 7 heteroatoms. The van der Waals surface area contributed by atoms with E-state index >= 15 is 0 Å². The first-order valence-corrected chi connectivity index (χ1v) is 7.95. The summed E-state index contributed by atoms with van der Waals surface area (Å²) in [6, 6.07) is 2.25. The van der Waals surface area contributed by atoms with Crippen LogP contribution in [0.25, 0.3) is 0 Å². The summed E-state index contributed by atoms with van der Waals surface area (Å²) >= 11 is 0. The van der Waals surface area contributed by atoms with Crippen molar-refractivity contribution in [2.24, 2.45) is 0 Å². The van der Waals surface area contributed by atoms with Crippen LogP contribution < -0.4 is 15.8 Å². The average Bonchev–Trinajstić information content (AvgIpc) is 2.22. The summed E-state index contributed by atoms with van der Waals surface area (Å²) in [6.45, 7) is 3.79. The van der Waals surface area contributed by atoms with Gasteiger partial charge in [-0.15, -0.1) is 0 Å². The molecule has 0 spiro atoms. The van der Waals surface area contributed by atoms with Crippen LogP contribution in [0, 0.1) is 5.82 Å². The zero-order chi connectivity index (χ0) is 14.6. The van der Waals surface area contributed by atoms with Gasteiger partial charge in [0, 0.05) is 24.4 Å². The van der Waals surface area contributed by atoms with Crippen molar-refractivity contribution in [3.63, 3.8) is 0 Å². The molecule has 3 N–H and O–H groups in total. The molecule has 0 bridgehead atoms. The van der Waals surface area contributed by atoms with Crippen molar-refractivity contribution in [3.8, 4) is 5.75 Å². The van der Waals surface area contributed by atoms with E-state index in [9.17, 15) is 12.8 Å². The molecule has 1 atom stereocenters. The number of benzene rings is 1. The standard InChI is InChI=1S/C12H19FN2O3S/c1-4-18-12-6-11(10(14)5-9(12)13)15-8(2)7-19(3,16)17/h5-6,8,15H,4,7,14H2,1-3H3. The van der Waals surface area contributed by atoms with Gasteiger partial charge in [-0.25, -0.2) is 12.8 Å². The van der Waals surface area contributed by atoms with Gasteiger partial charge in [0.05, 0.1) is 23.7 Å². The molecule has 0 radical (unpaired) electrons. The van der Waals surface area contributed by atoms with Gasteiger partial charge in [0.15, 0.2) is 11.6 Å². The Bertz CT molecular complexity index is 546. The molecule has 19 heavy (non-hydrogen) atoms. The predicted molar refractivity (Wildman–Crippen MR) is 74.8 cm³/mol. The van der Waals surface area contributed by atoms with Gasteiger partial charge in [0.2, 0.25) is 0 Å². The largest absolute Gasteiger partial charge is 0.491 e. The fourth-order valence-corrected chi connectivity index (χ4v) is 2.71. The van der Waals surface area contributed by atoms with E-state index in [1.165, 1.54) is 6.07 Å². The van der Waals surface area contributed by atoms with Crippen molar-refractivity contribution >= 4 is 21.2 Å². The summed E-state index contributed by atoms with van der Waals surface area (Å²) in [5.41, 5.74) is 6.36. The lowest BCUT2D eigenvalue weighted by Gasteiger charge is -2.17. The number of sulfone groups is 1. The minimum Gasteiger partial charge on any atom is -0.491 e. The van der Waals surface area contributed by atoms with Gasteiger partial charge in [0.1, 0.15) is 9.84 Å². The molecule has 0 aliphatic carbocycles. The molecular formula is C12H19FN2O3S. The molecule has 0 amide bonds. The van der Waals surface area contributed by atoms with Crippen LogP contribution in [0.15, 0.2) is 12.1 Å². The molecule has 0 fully saturated rings. The molecule has 1 aromatic rings. The molecule has 0 saturated heterocycles. The van der Waals surface area contributed by atoms with E-state index in [-0.39, 0.29) is 23.2 Å². The zero-order valence-corrected chi connectivity index (χ0v) is 12.1. The van der Waals surface area contributed by atoms with Crippen molar-refractivity contribution in [1.82, 2.24) is 0 Å². The summed E-state index contributed by atoms with van der Waals surface area (Å²) < 4.78 is 41.0. The van der Waals surface area contributed by atoms with Crippen molar-refractivity contribution in [3.05, 3.63) is 17.9 Å². The number of anilines is 2. The summed E-state index contributed by atoms with van der Waals surface area (Å²) in [5, 5.41) is 2.94. The zero-order valence-electron chi connectivity index (χ0n) is 11.2. The first-order valence-electron chi connectivity index (χ1n) is 5.89. The molecule has 0 saturated carbocycles. The quantitative estimate of drug-likeness (QED) is 0.779. The number of nitrogen functional groups attached to an aromatic ring is 1. The van der Waals surface area contributed by atoms with Crippen molar-refractivity contribution < 1.29 is 17.5 Å². The third kappa shape index (κ3) is 4.94. The van der Waals surface area contributed by atoms with Gasteiger partial charge in [-0.05, 0) is 13.8 Å². The lowest BCUT2D eigenvalue weighted by atomic mass is 10.2. The van der Waals surface area contributed by atoms with Gasteiger partial charge >= 0.3 is 0 Å². The monoisotopic (exact) mass is 290 g/mol. The van der Waals surface area contributed by atoms with Crippen LogP contribution in [0.4, 0.5) is 15.8 Å². The summed E-state index contributed by atoms with van der Waals surface area (Å²) in [7, 11) is -3.09. The lowest BCUT2D eigenvalue weighted by molar-refractivity contribution is 0.322. The fraction of sp³-hybridized carbons (Fsp3) is 0.500. The Kier molecular flexibility index (Phi) is 4.99. The van der Waals surface area contributed by atoms with Crippen LogP contribution >= 0.6 is 0 Å². The second-order valence-corrected chi connectivity index (χ2v) is 6.63. The first kappa shape index (κ1) is 15.6. The number of rotatable bonds is 6. The highest BCUT2D eigenvalue weighted by Gasteiger charge is 2.14. The predicted octanol–water partition coefficient (Wildman–Crippen LogP) is 1.65. The molecule has 108 valence electrons. The van der Waals surface area contributed by atoms with Gasteiger partial charge in [0.25, 0.3) is 0 Å². The first-order chi connectivity index (χ1) is 8.73. The molecule has 0 heterocycles. The number of ether oxygens (including phenoxy) is 1. The number of halogens is 1. The summed E-state index contributed by atoms with van der Waals surface area (Å²) in [5.74, 6) is -0.486. The SMILES string of the molecule is CCOc1cc(NC(C)CS(C)(=O)=O)c(N)cc1F. The van der Waals surface area contributed by atoms with E-state index in [0.717, 1.165) is 12.3 Å². The number of hydrogen-bond acceptors (Lipinski definition) is 5. The van der Waals surface area contributed by atoms with E-state index in [0.29, 0.717) is 12.3 Å². The van der Waals surface area contributed by atoms with E-state index in [1.807, 2.05) is 0 Å². The highest BCUT2D eigenvalue weighted by molar-refractivity contribution is 7.90. The van der Waals surface area contributed by atoms with Crippen LogP contribution in [-0.2, 0) is 9.84 Å². The topological polar surface area (TPSA) is 81.4 Å². The van der Waals surface area contributed by atoms with Gasteiger partial charge in [-0.2, -0.15) is 0 Å². The number of hydrogen-bond donors (Lipinski definition) is 2. The highest BCUT2D eigenvalue weighted by atomic mass is 32.2. The molecular weight excluding hydrogens is 271 g/mol. The molecule has 1 aromatic carbocycles. The van der Waals surface area contributed by atoms with Gasteiger partial charge in [-0.3, -0.25) is 0 Å². The van der Waals surface area contributed by atoms with Crippen molar-refractivity contribution in [2.75, 3.05) is 29.7 Å². The molecule has 0 aromatic heterocycles. The fourth-order valence-electron chi connectivity index (χ4n) is 1.72. The van der Waals surface area contributed by atoms with E-state index in [4.69, 9.17) is 10.5 Å². The Morgan fingerprint density at radius 1 is 1.47 bits per heavy atom. The van der Waals surface area contributed by atoms with Gasteiger partial charge < -0.3 is 15.8 Å². The van der Waals surface area contributed by atoms with Crippen LogP contribution in [0.5, 0.6) is 5.75 Å². The number of nitrogens with one attached hydrogen (secondary N) is 1. The van der Waals surface area contributed by atoms with E-state index < -0.39 is 15.7 Å². The Morgan fingerprint density at radius 2 is 2.11 bits per heavy atom. The Balaban J connectivity index is 2.91. The minimum absolute atomic E-state index is 0.0339. The van der Waals surface area contributed by atoms with E-state index in [1.54, 1.807) is 13.8 Å². The second-order valence-electron chi connectivity index (χ2n) is 4.44. The summed E-state index contributed by atoms with van der Waals surface area (Å²) in [6.07, 6.45) is 1.16. The normalized spacial score (nSPS) is 13.1. The van der Waals surface area contributed by atoms with E-state index in [2.05, 4.69) is 5.32 Å².